The van der Waals surface area contributed by atoms with Gasteiger partial charge in [-0.1, -0.05) is 43.9 Å². The molecule has 0 aliphatic heterocycles. The van der Waals surface area contributed by atoms with Crippen molar-refractivity contribution >= 4 is 0 Å². The third kappa shape index (κ3) is 3.92. The van der Waals surface area contributed by atoms with Crippen LogP contribution in [0.15, 0.2) is 42.0 Å². The van der Waals surface area contributed by atoms with Crippen LogP contribution in [0.4, 0.5) is 0 Å². The predicted molar refractivity (Wildman–Crippen MR) is 68.0 cm³/mol. The van der Waals surface area contributed by atoms with E-state index in [4.69, 9.17) is 0 Å². The van der Waals surface area contributed by atoms with Crippen LogP contribution in [-0.4, -0.2) is 11.2 Å². The topological polar surface area (TPSA) is 20.2 Å². The van der Waals surface area contributed by atoms with Gasteiger partial charge < -0.3 is 5.11 Å². The summed E-state index contributed by atoms with van der Waals surface area (Å²) in [5.41, 5.74) is 2.01. The van der Waals surface area contributed by atoms with Crippen molar-refractivity contribution in [3.05, 3.63) is 47.5 Å². The van der Waals surface area contributed by atoms with Crippen LogP contribution in [0.3, 0.4) is 0 Å². The Morgan fingerprint density at radius 1 is 1.31 bits per heavy atom. The van der Waals surface area contributed by atoms with Gasteiger partial charge in [0.2, 0.25) is 0 Å². The molecule has 0 aromatic heterocycles. The molecule has 0 aliphatic carbocycles. The number of aliphatic hydroxyl groups excluding tert-OH is 1. The fraction of sp³-hybridized carbons (Fsp3) is 0.333. The van der Waals surface area contributed by atoms with Crippen LogP contribution in [0.1, 0.15) is 32.3 Å². The Kier molecular flexibility index (Phi) is 5.39. The van der Waals surface area contributed by atoms with E-state index in [2.05, 4.69) is 11.8 Å². The molecule has 0 radical (unpaired) electrons. The first kappa shape index (κ1) is 12.5. The van der Waals surface area contributed by atoms with E-state index in [9.17, 15) is 5.11 Å². The van der Waals surface area contributed by atoms with Crippen molar-refractivity contribution in [3.8, 4) is 11.8 Å². The number of allylic oxidation sites excluding steroid dienone is 1. The van der Waals surface area contributed by atoms with E-state index >= 15 is 0 Å². The molecule has 1 N–H and O–H groups in total. The second kappa shape index (κ2) is 6.87. The van der Waals surface area contributed by atoms with E-state index in [1.165, 1.54) is 0 Å². The fourth-order valence-electron chi connectivity index (χ4n) is 1.43. The Morgan fingerprint density at radius 2 is 2.00 bits per heavy atom. The van der Waals surface area contributed by atoms with Crippen LogP contribution in [0.5, 0.6) is 0 Å². The van der Waals surface area contributed by atoms with E-state index in [0.29, 0.717) is 0 Å². The molecule has 1 heteroatoms. The van der Waals surface area contributed by atoms with E-state index < -0.39 is 0 Å². The smallest absolute Gasteiger partial charge is 0.0756 e. The van der Waals surface area contributed by atoms with Gasteiger partial charge in [0, 0.05) is 5.56 Å². The molecule has 16 heavy (non-hydrogen) atoms. The van der Waals surface area contributed by atoms with Crippen LogP contribution < -0.4 is 0 Å². The second-order valence-corrected chi connectivity index (χ2v) is 3.63. The fourth-order valence-corrected chi connectivity index (χ4v) is 1.43. The first-order chi connectivity index (χ1) is 7.77. The van der Waals surface area contributed by atoms with Crippen molar-refractivity contribution in [1.29, 1.82) is 0 Å². The predicted octanol–water partition coefficient (Wildman–Crippen LogP) is 3.15. The number of benzene rings is 1. The summed E-state index contributed by atoms with van der Waals surface area (Å²) in [6.07, 6.45) is 3.07. The summed E-state index contributed by atoms with van der Waals surface area (Å²) in [4.78, 5) is 0. The van der Waals surface area contributed by atoms with Gasteiger partial charge in [-0.15, -0.1) is 0 Å². The van der Waals surface area contributed by atoms with Gasteiger partial charge in [0.25, 0.3) is 0 Å². The third-order valence-electron chi connectivity index (χ3n) is 2.47. The van der Waals surface area contributed by atoms with Gasteiger partial charge in [-0.05, 0) is 36.6 Å². The van der Waals surface area contributed by atoms with E-state index in [1.54, 1.807) is 0 Å². The molecule has 0 saturated heterocycles. The maximum atomic E-state index is 9.68. The van der Waals surface area contributed by atoms with Gasteiger partial charge in [0.1, 0.15) is 0 Å². The van der Waals surface area contributed by atoms with Crippen LogP contribution >= 0.6 is 0 Å². The summed E-state index contributed by atoms with van der Waals surface area (Å²) in [6.45, 7) is 4.01. The Morgan fingerprint density at radius 3 is 2.56 bits per heavy atom. The molecule has 1 rings (SSSR count). The van der Waals surface area contributed by atoms with E-state index in [-0.39, 0.29) is 6.10 Å². The molecule has 1 nitrogen and oxygen atoms in total. The minimum Gasteiger partial charge on any atom is -0.389 e. The largest absolute Gasteiger partial charge is 0.389 e. The SMILES string of the molecule is CC/C(=C/C#Cc1ccccc1)C(O)CC. The first-order valence-electron chi connectivity index (χ1n) is 5.71. The van der Waals surface area contributed by atoms with Crippen molar-refractivity contribution in [2.75, 3.05) is 0 Å². The van der Waals surface area contributed by atoms with Crippen LogP contribution in [0, 0.1) is 11.8 Å². The number of hydrogen-bond acceptors (Lipinski definition) is 1. The highest BCUT2D eigenvalue weighted by Gasteiger charge is 2.04. The van der Waals surface area contributed by atoms with Gasteiger partial charge in [-0.2, -0.15) is 0 Å². The zero-order valence-corrected chi connectivity index (χ0v) is 9.90. The Bertz CT molecular complexity index is 392. The summed E-state index contributed by atoms with van der Waals surface area (Å²) in [7, 11) is 0. The van der Waals surface area contributed by atoms with Crippen molar-refractivity contribution in [2.45, 2.75) is 32.8 Å². The Labute approximate surface area is 97.8 Å². The molecule has 0 spiro atoms. The monoisotopic (exact) mass is 214 g/mol. The lowest BCUT2D eigenvalue weighted by molar-refractivity contribution is 0.203. The van der Waals surface area contributed by atoms with Gasteiger partial charge >= 0.3 is 0 Å². The zero-order chi connectivity index (χ0) is 11.8. The van der Waals surface area contributed by atoms with E-state index in [1.807, 2.05) is 50.3 Å². The van der Waals surface area contributed by atoms with Gasteiger partial charge in [-0.3, -0.25) is 0 Å². The molecule has 1 unspecified atom stereocenters. The Balaban J connectivity index is 2.74. The van der Waals surface area contributed by atoms with Crippen molar-refractivity contribution in [3.63, 3.8) is 0 Å². The number of aliphatic hydroxyl groups is 1. The maximum Gasteiger partial charge on any atom is 0.0756 e. The van der Waals surface area contributed by atoms with Crippen molar-refractivity contribution in [1.82, 2.24) is 0 Å². The molecular formula is C15H18O. The molecule has 1 aromatic carbocycles. The second-order valence-electron chi connectivity index (χ2n) is 3.63. The standard InChI is InChI=1S/C15H18O/c1-3-14(15(16)4-2)12-8-11-13-9-6-5-7-10-13/h5-7,9-10,12,15-16H,3-4H2,1-2H3/b14-12-. The summed E-state index contributed by atoms with van der Waals surface area (Å²) in [5.74, 6) is 6.05. The maximum absolute atomic E-state index is 9.68. The molecule has 0 amide bonds. The lowest BCUT2D eigenvalue weighted by Crippen LogP contribution is -2.07. The average Bonchev–Trinajstić information content (AvgIpc) is 2.35. The van der Waals surface area contributed by atoms with Crippen molar-refractivity contribution < 1.29 is 5.11 Å². The minimum absolute atomic E-state index is 0.352. The van der Waals surface area contributed by atoms with E-state index in [0.717, 1.165) is 24.0 Å². The molecule has 84 valence electrons. The van der Waals surface area contributed by atoms with Gasteiger partial charge in [-0.25, -0.2) is 0 Å². The first-order valence-corrected chi connectivity index (χ1v) is 5.71. The highest BCUT2D eigenvalue weighted by atomic mass is 16.3. The summed E-state index contributed by atoms with van der Waals surface area (Å²) in [6, 6.07) is 9.86. The molecule has 0 saturated carbocycles. The van der Waals surface area contributed by atoms with Crippen LogP contribution in [0.2, 0.25) is 0 Å². The normalized spacial score (nSPS) is 12.8. The highest BCUT2D eigenvalue weighted by Crippen LogP contribution is 2.09. The molecule has 1 aromatic rings. The third-order valence-corrected chi connectivity index (χ3v) is 2.47. The lowest BCUT2D eigenvalue weighted by atomic mass is 10.0. The molecule has 1 atom stereocenters. The minimum atomic E-state index is -0.352. The highest BCUT2D eigenvalue weighted by molar-refractivity contribution is 5.37. The quantitative estimate of drug-likeness (QED) is 0.766. The number of hydrogen-bond donors (Lipinski definition) is 1. The zero-order valence-electron chi connectivity index (χ0n) is 9.90. The summed E-state index contributed by atoms with van der Waals surface area (Å²) >= 11 is 0. The number of rotatable bonds is 3. The van der Waals surface area contributed by atoms with Crippen LogP contribution in [-0.2, 0) is 0 Å². The Hall–Kier alpha value is -1.52. The average molecular weight is 214 g/mol. The molecule has 0 fully saturated rings. The molecule has 0 heterocycles. The molecule has 0 bridgehead atoms. The van der Waals surface area contributed by atoms with Crippen molar-refractivity contribution in [2.24, 2.45) is 0 Å². The summed E-state index contributed by atoms with van der Waals surface area (Å²) in [5, 5.41) is 9.68. The van der Waals surface area contributed by atoms with Crippen LogP contribution in [0.25, 0.3) is 0 Å². The molecule has 0 aliphatic rings. The molecular weight excluding hydrogens is 196 g/mol. The lowest BCUT2D eigenvalue weighted by Gasteiger charge is -2.08. The van der Waals surface area contributed by atoms with Gasteiger partial charge in [0.15, 0.2) is 0 Å². The van der Waals surface area contributed by atoms with Gasteiger partial charge in [0.05, 0.1) is 6.10 Å². The summed E-state index contributed by atoms with van der Waals surface area (Å²) < 4.78 is 0.